The van der Waals surface area contributed by atoms with Gasteiger partial charge in [0.25, 0.3) is 0 Å². The van der Waals surface area contributed by atoms with E-state index in [1.165, 1.54) is 25.7 Å². The van der Waals surface area contributed by atoms with Crippen molar-refractivity contribution in [2.45, 2.75) is 92.6 Å². The third-order valence-corrected chi connectivity index (χ3v) is 6.89. The number of aromatic nitrogens is 1. The minimum absolute atomic E-state index is 0.0423. The number of hydrogen-bond donors (Lipinski definition) is 2. The van der Waals surface area contributed by atoms with E-state index in [-0.39, 0.29) is 18.1 Å². The molecule has 1 heterocycles. The van der Waals surface area contributed by atoms with Gasteiger partial charge in [0.1, 0.15) is 12.1 Å². The Hall–Kier alpha value is -1.37. The number of hydrogen-bond acceptors (Lipinski definition) is 6. The van der Waals surface area contributed by atoms with Crippen molar-refractivity contribution >= 4 is 29.5 Å². The Labute approximate surface area is 206 Å². The van der Waals surface area contributed by atoms with Crippen molar-refractivity contribution in [2.24, 2.45) is 23.7 Å². The van der Waals surface area contributed by atoms with Crippen LogP contribution in [0.4, 0.5) is 0 Å². The molecule has 6 heteroatoms. The molecule has 0 saturated heterocycles. The van der Waals surface area contributed by atoms with Crippen molar-refractivity contribution in [3.8, 4) is 0 Å². The number of aldehydes is 1. The summed E-state index contributed by atoms with van der Waals surface area (Å²) < 4.78 is 0. The fourth-order valence-electron chi connectivity index (χ4n) is 3.99. The molecular formula is C27H48N2O3S. The van der Waals surface area contributed by atoms with Gasteiger partial charge in [-0.15, -0.1) is 11.3 Å². The van der Waals surface area contributed by atoms with Gasteiger partial charge in [-0.3, -0.25) is 4.79 Å². The van der Waals surface area contributed by atoms with Crippen molar-refractivity contribution in [3.63, 3.8) is 0 Å². The smallest absolute Gasteiger partial charge is 0.141 e. The van der Waals surface area contributed by atoms with E-state index >= 15 is 0 Å². The normalized spacial score (nSPS) is 15.9. The standard InChI is InChI=1S/C20H39NO3.C7H9NS/c1-15(10-7-12-21-5)8-6-9-16(2)14-17(3)20(24)18(4)19(23)11-13-22;1-3-4-7-5-9-6(2)8-7/h13,15-19,21,23H,6-12,14H2,1-5H3;3-5H,1-2H3/b;4-3-. The highest BCUT2D eigenvalue weighted by atomic mass is 32.1. The lowest BCUT2D eigenvalue weighted by Gasteiger charge is -2.22. The molecule has 0 radical (unpaired) electrons. The quantitative estimate of drug-likeness (QED) is 0.221. The zero-order valence-electron chi connectivity index (χ0n) is 22.0. The topological polar surface area (TPSA) is 79.3 Å². The molecular weight excluding hydrogens is 432 g/mol. The summed E-state index contributed by atoms with van der Waals surface area (Å²) in [4.78, 5) is 27.0. The summed E-state index contributed by atoms with van der Waals surface area (Å²) in [5, 5.41) is 16.2. The molecule has 0 spiro atoms. The Morgan fingerprint density at radius 3 is 2.33 bits per heavy atom. The van der Waals surface area contributed by atoms with Crippen LogP contribution in [0.5, 0.6) is 0 Å². The van der Waals surface area contributed by atoms with Crippen LogP contribution in [-0.4, -0.2) is 41.9 Å². The van der Waals surface area contributed by atoms with Crippen LogP contribution in [0.2, 0.25) is 0 Å². The third kappa shape index (κ3) is 15.2. The number of nitrogens with zero attached hydrogens (tertiary/aromatic N) is 1. The summed E-state index contributed by atoms with van der Waals surface area (Å²) in [7, 11) is 1.99. The molecule has 5 atom stereocenters. The zero-order valence-corrected chi connectivity index (χ0v) is 22.8. The Morgan fingerprint density at radius 2 is 1.79 bits per heavy atom. The summed E-state index contributed by atoms with van der Waals surface area (Å²) in [5.74, 6) is 0.859. The first kappa shape index (κ1) is 31.6. The van der Waals surface area contributed by atoms with Gasteiger partial charge >= 0.3 is 0 Å². The molecule has 0 bridgehead atoms. The molecule has 5 nitrogen and oxygen atoms in total. The van der Waals surface area contributed by atoms with Crippen LogP contribution in [0, 0.1) is 30.6 Å². The second kappa shape index (κ2) is 19.0. The zero-order chi connectivity index (χ0) is 25.2. The minimum Gasteiger partial charge on any atom is -0.392 e. The van der Waals surface area contributed by atoms with Gasteiger partial charge in [-0.05, 0) is 64.6 Å². The first-order valence-electron chi connectivity index (χ1n) is 12.5. The average Bonchev–Trinajstić information content (AvgIpc) is 3.18. The van der Waals surface area contributed by atoms with E-state index in [4.69, 9.17) is 0 Å². The van der Waals surface area contributed by atoms with Gasteiger partial charge in [-0.25, -0.2) is 4.98 Å². The average molecular weight is 481 g/mol. The number of aryl methyl sites for hydroxylation is 1. The molecule has 33 heavy (non-hydrogen) atoms. The fraction of sp³-hybridized carbons (Fsp3) is 0.741. The number of aliphatic hydroxyl groups excluding tert-OH is 1. The first-order valence-corrected chi connectivity index (χ1v) is 13.4. The molecule has 0 aliphatic carbocycles. The SMILES string of the molecule is C/C=C\c1csc(C)n1.CNCCCC(C)CCCC(C)CC(C)C(=O)C(C)C(O)CC=O. The van der Waals surface area contributed by atoms with Crippen molar-refractivity contribution in [1.29, 1.82) is 0 Å². The van der Waals surface area contributed by atoms with Crippen LogP contribution in [-0.2, 0) is 9.59 Å². The second-order valence-corrected chi connectivity index (χ2v) is 10.5. The highest BCUT2D eigenvalue weighted by molar-refractivity contribution is 7.09. The number of ketones is 1. The molecule has 0 aliphatic heterocycles. The van der Waals surface area contributed by atoms with E-state index in [0.717, 1.165) is 36.0 Å². The number of allylic oxidation sites excluding steroid dienone is 1. The molecule has 0 aliphatic rings. The van der Waals surface area contributed by atoms with E-state index in [2.05, 4.69) is 29.5 Å². The van der Waals surface area contributed by atoms with Crippen molar-refractivity contribution in [2.75, 3.05) is 13.6 Å². The van der Waals surface area contributed by atoms with Gasteiger partial charge in [0, 0.05) is 23.6 Å². The van der Waals surface area contributed by atoms with Gasteiger partial charge < -0.3 is 15.2 Å². The van der Waals surface area contributed by atoms with Crippen molar-refractivity contribution < 1.29 is 14.7 Å². The Kier molecular flexibility index (Phi) is 18.2. The van der Waals surface area contributed by atoms with E-state index in [1.807, 2.05) is 40.0 Å². The summed E-state index contributed by atoms with van der Waals surface area (Å²) in [6.45, 7) is 13.3. The molecule has 190 valence electrons. The van der Waals surface area contributed by atoms with Crippen molar-refractivity contribution in [3.05, 3.63) is 22.2 Å². The maximum atomic E-state index is 12.3. The Bertz CT molecular complexity index is 674. The molecule has 0 fully saturated rings. The fourth-order valence-corrected chi connectivity index (χ4v) is 4.57. The predicted molar refractivity (Wildman–Crippen MR) is 142 cm³/mol. The first-order chi connectivity index (χ1) is 15.7. The van der Waals surface area contributed by atoms with Gasteiger partial charge in [0.2, 0.25) is 0 Å². The lowest BCUT2D eigenvalue weighted by molar-refractivity contribution is -0.130. The van der Waals surface area contributed by atoms with Crippen LogP contribution in [0.25, 0.3) is 6.08 Å². The van der Waals surface area contributed by atoms with Crippen LogP contribution in [0.15, 0.2) is 11.5 Å². The monoisotopic (exact) mass is 480 g/mol. The minimum atomic E-state index is -0.841. The lowest BCUT2D eigenvalue weighted by atomic mass is 9.83. The molecule has 1 aromatic rings. The molecule has 5 unspecified atom stereocenters. The third-order valence-electron chi connectivity index (χ3n) is 6.10. The van der Waals surface area contributed by atoms with E-state index in [9.17, 15) is 14.7 Å². The number of Topliss-reactive ketones (excluding diaryl/α,β-unsaturated/α-hetero) is 1. The summed E-state index contributed by atoms with van der Waals surface area (Å²) in [6, 6.07) is 0. The Balaban J connectivity index is 0.000000938. The molecule has 0 saturated carbocycles. The van der Waals surface area contributed by atoms with E-state index in [0.29, 0.717) is 12.2 Å². The summed E-state index contributed by atoms with van der Waals surface area (Å²) in [6.07, 6.45) is 10.9. The van der Waals surface area contributed by atoms with Gasteiger partial charge in [0.05, 0.1) is 16.8 Å². The van der Waals surface area contributed by atoms with Crippen LogP contribution < -0.4 is 5.32 Å². The van der Waals surface area contributed by atoms with E-state index in [1.54, 1.807) is 18.3 Å². The summed E-state index contributed by atoms with van der Waals surface area (Å²) in [5.41, 5.74) is 1.07. The highest BCUT2D eigenvalue weighted by Gasteiger charge is 2.26. The van der Waals surface area contributed by atoms with Crippen LogP contribution >= 0.6 is 11.3 Å². The number of carbonyl (C=O) groups is 2. The van der Waals surface area contributed by atoms with Crippen LogP contribution in [0.3, 0.4) is 0 Å². The molecule has 1 rings (SSSR count). The number of nitrogens with one attached hydrogen (secondary N) is 1. The summed E-state index contributed by atoms with van der Waals surface area (Å²) >= 11 is 1.68. The largest absolute Gasteiger partial charge is 0.392 e. The molecule has 0 aromatic carbocycles. The second-order valence-electron chi connectivity index (χ2n) is 9.48. The lowest BCUT2D eigenvalue weighted by Crippen LogP contribution is -2.30. The number of aliphatic hydroxyl groups is 1. The van der Waals surface area contributed by atoms with Gasteiger partial charge in [-0.1, -0.05) is 53.0 Å². The van der Waals surface area contributed by atoms with Crippen molar-refractivity contribution in [1.82, 2.24) is 10.3 Å². The Morgan fingerprint density at radius 1 is 1.15 bits per heavy atom. The number of carbonyl (C=O) groups excluding carboxylic acids is 2. The maximum absolute atomic E-state index is 12.3. The maximum Gasteiger partial charge on any atom is 0.141 e. The van der Waals surface area contributed by atoms with E-state index < -0.39 is 12.0 Å². The van der Waals surface area contributed by atoms with Gasteiger partial charge in [0.15, 0.2) is 0 Å². The number of rotatable bonds is 16. The number of thiazole rings is 1. The molecule has 2 N–H and O–H groups in total. The van der Waals surface area contributed by atoms with Gasteiger partial charge in [-0.2, -0.15) is 0 Å². The molecule has 1 aromatic heterocycles. The predicted octanol–water partition coefficient (Wildman–Crippen LogP) is 6.09. The highest BCUT2D eigenvalue weighted by Crippen LogP contribution is 2.24. The molecule has 0 amide bonds. The van der Waals surface area contributed by atoms with Crippen LogP contribution in [0.1, 0.15) is 90.3 Å².